The van der Waals surface area contributed by atoms with Gasteiger partial charge in [0.1, 0.15) is 11.6 Å². The van der Waals surface area contributed by atoms with Crippen LogP contribution >= 0.6 is 0 Å². The van der Waals surface area contributed by atoms with Gasteiger partial charge in [0.2, 0.25) is 0 Å². The number of aromatic nitrogens is 4. The average Bonchev–Trinajstić information content (AvgIpc) is 3.37. The lowest BCUT2D eigenvalue weighted by Gasteiger charge is -2.26. The lowest BCUT2D eigenvalue weighted by Crippen LogP contribution is -2.24. The first-order chi connectivity index (χ1) is 14.6. The molecule has 30 heavy (non-hydrogen) atoms. The fourth-order valence-corrected chi connectivity index (χ4v) is 4.41. The van der Waals surface area contributed by atoms with Crippen LogP contribution in [0.25, 0.3) is 11.4 Å². The molecule has 0 unspecified atom stereocenters. The van der Waals surface area contributed by atoms with Crippen LogP contribution in [0.1, 0.15) is 65.7 Å². The zero-order valence-corrected chi connectivity index (χ0v) is 17.9. The van der Waals surface area contributed by atoms with Crippen LogP contribution in [0.4, 0.5) is 0 Å². The molecule has 7 heteroatoms. The van der Waals surface area contributed by atoms with Gasteiger partial charge in [-0.1, -0.05) is 19.3 Å². The molecule has 1 saturated carbocycles. The van der Waals surface area contributed by atoms with Crippen molar-refractivity contribution in [3.8, 4) is 17.1 Å². The Kier molecular flexibility index (Phi) is 5.88. The maximum Gasteiger partial charge on any atom is 0.253 e. The molecule has 1 amide bonds. The highest BCUT2D eigenvalue weighted by Gasteiger charge is 2.22. The summed E-state index contributed by atoms with van der Waals surface area (Å²) in [5, 5.41) is 10.1. The summed E-state index contributed by atoms with van der Waals surface area (Å²) < 4.78 is 7.53. The van der Waals surface area contributed by atoms with Crippen LogP contribution in [0.15, 0.2) is 30.3 Å². The quantitative estimate of drug-likeness (QED) is 0.637. The summed E-state index contributed by atoms with van der Waals surface area (Å²) in [6.07, 6.45) is 6.25. The fourth-order valence-electron chi connectivity index (χ4n) is 4.41. The predicted octanol–water partition coefficient (Wildman–Crippen LogP) is 4.33. The van der Waals surface area contributed by atoms with Gasteiger partial charge in [-0.2, -0.15) is 5.10 Å². The molecule has 2 N–H and O–H groups in total. The number of aryl methyl sites for hydroxylation is 1. The Labute approximate surface area is 176 Å². The maximum atomic E-state index is 12.8. The smallest absolute Gasteiger partial charge is 0.253 e. The summed E-state index contributed by atoms with van der Waals surface area (Å²) >= 11 is 0. The molecule has 158 valence electrons. The average molecular weight is 408 g/mol. The molecule has 0 radical (unpaired) electrons. The molecule has 0 saturated heterocycles. The first-order valence-electron chi connectivity index (χ1n) is 10.6. The van der Waals surface area contributed by atoms with Gasteiger partial charge in [0.15, 0.2) is 5.82 Å². The number of H-pyrrole nitrogens is 1. The van der Waals surface area contributed by atoms with Crippen molar-refractivity contribution < 1.29 is 9.53 Å². The topological polar surface area (TPSA) is 84.8 Å². The van der Waals surface area contributed by atoms with Gasteiger partial charge in [0.25, 0.3) is 5.91 Å². The van der Waals surface area contributed by atoms with E-state index in [2.05, 4.69) is 32.0 Å². The molecular formula is C23H29N5O2. The van der Waals surface area contributed by atoms with Crippen LogP contribution in [0.2, 0.25) is 0 Å². The molecular weight excluding hydrogens is 378 g/mol. The molecule has 0 spiro atoms. The molecule has 0 atom stereocenters. The molecule has 1 aromatic carbocycles. The Morgan fingerprint density at radius 3 is 2.63 bits per heavy atom. The number of carbonyl (C=O) groups is 1. The molecule has 1 aliphatic rings. The lowest BCUT2D eigenvalue weighted by atomic mass is 9.95. The Hall–Kier alpha value is -3.09. The van der Waals surface area contributed by atoms with E-state index in [-0.39, 0.29) is 5.91 Å². The van der Waals surface area contributed by atoms with Gasteiger partial charge in [-0.25, -0.2) is 4.98 Å². The van der Waals surface area contributed by atoms with Crippen LogP contribution in [0.3, 0.4) is 0 Å². The van der Waals surface area contributed by atoms with E-state index in [9.17, 15) is 4.79 Å². The zero-order valence-electron chi connectivity index (χ0n) is 17.9. The first-order valence-corrected chi connectivity index (χ1v) is 10.6. The minimum absolute atomic E-state index is 0.0763. The number of methoxy groups -OCH3 is 1. The van der Waals surface area contributed by atoms with Gasteiger partial charge < -0.3 is 14.6 Å². The second-order valence-electron chi connectivity index (χ2n) is 7.96. The van der Waals surface area contributed by atoms with Gasteiger partial charge >= 0.3 is 0 Å². The molecule has 1 aliphatic carbocycles. The van der Waals surface area contributed by atoms with E-state index in [0.717, 1.165) is 28.3 Å². The normalized spacial score (nSPS) is 14.6. The van der Waals surface area contributed by atoms with Gasteiger partial charge in [0.05, 0.1) is 19.2 Å². The fraction of sp³-hybridized carbons (Fsp3) is 0.435. The van der Waals surface area contributed by atoms with Crippen molar-refractivity contribution in [3.63, 3.8) is 0 Å². The summed E-state index contributed by atoms with van der Waals surface area (Å²) in [6, 6.07) is 10.1. The first kappa shape index (κ1) is 20.2. The van der Waals surface area contributed by atoms with Crippen molar-refractivity contribution in [3.05, 3.63) is 53.1 Å². The Bertz CT molecular complexity index is 1010. The van der Waals surface area contributed by atoms with E-state index >= 15 is 0 Å². The number of hydrogen-bond donors (Lipinski definition) is 2. The second kappa shape index (κ2) is 8.73. The molecule has 1 fully saturated rings. The summed E-state index contributed by atoms with van der Waals surface area (Å²) in [4.78, 5) is 17.3. The summed E-state index contributed by atoms with van der Waals surface area (Å²) in [5.41, 5.74) is 3.84. The van der Waals surface area contributed by atoms with Gasteiger partial charge in [0, 0.05) is 23.0 Å². The number of ether oxygens (including phenoxy) is 1. The van der Waals surface area contributed by atoms with Crippen molar-refractivity contribution >= 4 is 5.91 Å². The minimum Gasteiger partial charge on any atom is -0.497 e. The lowest BCUT2D eigenvalue weighted by molar-refractivity contribution is 0.0949. The van der Waals surface area contributed by atoms with Crippen LogP contribution in [-0.4, -0.2) is 32.8 Å². The number of nitrogens with one attached hydrogen (secondary N) is 2. The molecule has 2 heterocycles. The van der Waals surface area contributed by atoms with E-state index in [0.29, 0.717) is 24.2 Å². The molecule has 7 nitrogen and oxygen atoms in total. The SMILES string of the molecule is COc1ccc(-c2n[nH]c(CNC(=O)c3cc(C)n(C4CCCCC4)c3C)n2)cc1. The van der Waals surface area contributed by atoms with E-state index in [1.165, 1.54) is 32.1 Å². The number of aromatic amines is 1. The van der Waals surface area contributed by atoms with Crippen molar-refractivity contribution in [2.45, 2.75) is 58.5 Å². The van der Waals surface area contributed by atoms with Crippen molar-refractivity contribution in [2.24, 2.45) is 0 Å². The zero-order chi connectivity index (χ0) is 21.1. The highest BCUT2D eigenvalue weighted by molar-refractivity contribution is 5.95. The molecule has 0 bridgehead atoms. The van der Waals surface area contributed by atoms with Crippen LogP contribution in [0.5, 0.6) is 5.75 Å². The Morgan fingerprint density at radius 1 is 1.20 bits per heavy atom. The summed E-state index contributed by atoms with van der Waals surface area (Å²) in [5.74, 6) is 1.92. The largest absolute Gasteiger partial charge is 0.497 e. The number of hydrogen-bond acceptors (Lipinski definition) is 4. The van der Waals surface area contributed by atoms with Crippen molar-refractivity contribution in [2.75, 3.05) is 7.11 Å². The number of nitrogens with zero attached hydrogens (tertiary/aromatic N) is 3. The van der Waals surface area contributed by atoms with E-state index in [4.69, 9.17) is 4.74 Å². The Morgan fingerprint density at radius 2 is 1.93 bits per heavy atom. The van der Waals surface area contributed by atoms with Crippen LogP contribution in [0, 0.1) is 13.8 Å². The van der Waals surface area contributed by atoms with E-state index in [1.54, 1.807) is 7.11 Å². The molecule has 0 aliphatic heterocycles. The predicted molar refractivity (Wildman–Crippen MR) is 116 cm³/mol. The molecule has 3 aromatic rings. The third-order valence-electron chi connectivity index (χ3n) is 5.97. The van der Waals surface area contributed by atoms with E-state index in [1.807, 2.05) is 37.3 Å². The van der Waals surface area contributed by atoms with Crippen LogP contribution < -0.4 is 10.1 Å². The molecule has 4 rings (SSSR count). The highest BCUT2D eigenvalue weighted by atomic mass is 16.5. The highest BCUT2D eigenvalue weighted by Crippen LogP contribution is 2.32. The number of amides is 1. The third kappa shape index (κ3) is 4.10. The van der Waals surface area contributed by atoms with Crippen LogP contribution in [-0.2, 0) is 6.54 Å². The number of rotatable bonds is 6. The standard InChI is InChI=1S/C23H29N5O2/c1-15-13-20(16(2)28(15)18-7-5-4-6-8-18)23(29)24-14-21-25-22(27-26-21)17-9-11-19(30-3)12-10-17/h9-13,18H,4-8,14H2,1-3H3,(H,24,29)(H,25,26,27). The molecule has 2 aromatic heterocycles. The van der Waals surface area contributed by atoms with Crippen molar-refractivity contribution in [1.82, 2.24) is 25.1 Å². The summed E-state index contributed by atoms with van der Waals surface area (Å²) in [6.45, 7) is 4.44. The third-order valence-corrected chi connectivity index (χ3v) is 5.97. The number of benzene rings is 1. The van der Waals surface area contributed by atoms with Gasteiger partial charge in [-0.05, 0) is 57.0 Å². The number of carbonyl (C=O) groups excluding carboxylic acids is 1. The maximum absolute atomic E-state index is 12.8. The van der Waals surface area contributed by atoms with Crippen molar-refractivity contribution in [1.29, 1.82) is 0 Å². The van der Waals surface area contributed by atoms with Gasteiger partial charge in [-0.3, -0.25) is 9.89 Å². The summed E-state index contributed by atoms with van der Waals surface area (Å²) in [7, 11) is 1.63. The second-order valence-corrected chi connectivity index (χ2v) is 7.96. The minimum atomic E-state index is -0.0763. The Balaban J connectivity index is 1.42. The van der Waals surface area contributed by atoms with Gasteiger partial charge in [-0.15, -0.1) is 0 Å². The monoisotopic (exact) mass is 407 g/mol. The van der Waals surface area contributed by atoms with E-state index < -0.39 is 0 Å².